The van der Waals surface area contributed by atoms with E-state index in [4.69, 9.17) is 0 Å². The maximum atomic E-state index is 13.1. The van der Waals surface area contributed by atoms with E-state index in [2.05, 4.69) is 30.1 Å². The number of aryl methyl sites for hydroxylation is 1. The Kier molecular flexibility index (Phi) is 5.55. The molecule has 4 heterocycles. The van der Waals surface area contributed by atoms with E-state index in [1.54, 1.807) is 30.3 Å². The van der Waals surface area contributed by atoms with Crippen molar-refractivity contribution in [2.75, 3.05) is 7.05 Å². The number of fused-ring (bicyclic) bond motifs is 1. The second kappa shape index (κ2) is 8.44. The molecule has 0 aliphatic carbocycles. The summed E-state index contributed by atoms with van der Waals surface area (Å²) in [5.74, 6) is 0.164. The predicted octanol–water partition coefficient (Wildman–Crippen LogP) is 3.23. The van der Waals surface area contributed by atoms with Crippen molar-refractivity contribution in [1.29, 1.82) is 0 Å². The van der Waals surface area contributed by atoms with Crippen LogP contribution in [0.15, 0.2) is 41.9 Å². The Morgan fingerprint density at radius 2 is 2.07 bits per heavy atom. The van der Waals surface area contributed by atoms with Gasteiger partial charge in [0.25, 0.3) is 6.43 Å². The highest BCUT2D eigenvalue weighted by atomic mass is 19.3. The quantitative estimate of drug-likeness (QED) is 0.437. The van der Waals surface area contributed by atoms with Gasteiger partial charge < -0.3 is 0 Å². The van der Waals surface area contributed by atoms with Crippen molar-refractivity contribution in [3.05, 3.63) is 65.3 Å². The zero-order valence-electron chi connectivity index (χ0n) is 16.6. The zero-order chi connectivity index (χ0) is 21.1. The highest BCUT2D eigenvalue weighted by Gasteiger charge is 2.20. The standard InChI is InChI=1S/C20H20F2N8/c1-3-5-15-16(25-12-29-20(15)27-18(28-29)17(21)22)10-14-7-9-26-30(14)19-13(11-23-2)6-4-8-24-19/h4,6-9,11-12,17H,3,5,10H2,1-2H3. The molecule has 0 amide bonds. The lowest BCUT2D eigenvalue weighted by Gasteiger charge is -2.11. The monoisotopic (exact) mass is 410 g/mol. The van der Waals surface area contributed by atoms with Gasteiger partial charge in [0.05, 0.1) is 11.4 Å². The number of hydrogen-bond donors (Lipinski definition) is 0. The van der Waals surface area contributed by atoms with Gasteiger partial charge in [-0.1, -0.05) is 13.3 Å². The van der Waals surface area contributed by atoms with Crippen LogP contribution in [0.25, 0.3) is 11.5 Å². The summed E-state index contributed by atoms with van der Waals surface area (Å²) >= 11 is 0. The molecule has 0 N–H and O–H groups in total. The molecule has 0 aliphatic rings. The first-order valence-electron chi connectivity index (χ1n) is 9.54. The minimum atomic E-state index is -2.73. The van der Waals surface area contributed by atoms with Crippen molar-refractivity contribution < 1.29 is 8.78 Å². The normalized spacial score (nSPS) is 11.9. The third kappa shape index (κ3) is 3.68. The molecule has 4 rings (SSSR count). The molecule has 0 radical (unpaired) electrons. The number of aliphatic imine (C=N–C) groups is 1. The van der Waals surface area contributed by atoms with E-state index in [0.717, 1.165) is 28.9 Å². The van der Waals surface area contributed by atoms with E-state index >= 15 is 0 Å². The van der Waals surface area contributed by atoms with Crippen LogP contribution in [0.2, 0.25) is 0 Å². The molecule has 0 aliphatic heterocycles. The van der Waals surface area contributed by atoms with E-state index in [9.17, 15) is 8.78 Å². The number of rotatable bonds is 7. The van der Waals surface area contributed by atoms with Crippen LogP contribution in [0.1, 0.15) is 48.1 Å². The van der Waals surface area contributed by atoms with Gasteiger partial charge in [-0.3, -0.25) is 4.99 Å². The SMILES string of the molecule is CCCc1c(Cc2ccnn2-c2ncccc2C=NC)ncn2nc(C(F)F)nc12. The first-order valence-corrected chi connectivity index (χ1v) is 9.54. The van der Waals surface area contributed by atoms with Gasteiger partial charge >= 0.3 is 0 Å². The van der Waals surface area contributed by atoms with Crippen molar-refractivity contribution in [2.24, 2.45) is 4.99 Å². The highest BCUT2D eigenvalue weighted by Crippen LogP contribution is 2.22. The maximum absolute atomic E-state index is 13.1. The Morgan fingerprint density at radius 3 is 2.83 bits per heavy atom. The van der Waals surface area contributed by atoms with Crippen molar-refractivity contribution in [1.82, 2.24) is 34.3 Å². The first kappa shape index (κ1) is 19.7. The van der Waals surface area contributed by atoms with Crippen molar-refractivity contribution in [3.8, 4) is 5.82 Å². The van der Waals surface area contributed by atoms with E-state index in [1.807, 2.05) is 25.1 Å². The van der Waals surface area contributed by atoms with Gasteiger partial charge in [0.1, 0.15) is 6.33 Å². The second-order valence-electron chi connectivity index (χ2n) is 6.67. The molecule has 10 heteroatoms. The zero-order valence-corrected chi connectivity index (χ0v) is 16.6. The Morgan fingerprint density at radius 1 is 1.20 bits per heavy atom. The Hall–Kier alpha value is -3.56. The lowest BCUT2D eigenvalue weighted by atomic mass is 10.1. The minimum absolute atomic E-state index is 0.417. The fraction of sp³-hybridized carbons (Fsp3) is 0.300. The average molecular weight is 410 g/mol. The summed E-state index contributed by atoms with van der Waals surface area (Å²) in [4.78, 5) is 17.1. The van der Waals surface area contributed by atoms with Crippen molar-refractivity contribution in [2.45, 2.75) is 32.6 Å². The molecule has 4 aromatic heterocycles. The highest BCUT2D eigenvalue weighted by molar-refractivity contribution is 5.83. The molecule has 0 atom stereocenters. The molecule has 0 bridgehead atoms. The lowest BCUT2D eigenvalue weighted by molar-refractivity contribution is 0.140. The van der Waals surface area contributed by atoms with E-state index in [-0.39, 0.29) is 0 Å². The summed E-state index contributed by atoms with van der Waals surface area (Å²) in [6.07, 6.45) is 5.74. The molecular formula is C20H20F2N8. The molecule has 30 heavy (non-hydrogen) atoms. The molecule has 0 spiro atoms. The summed E-state index contributed by atoms with van der Waals surface area (Å²) in [6, 6.07) is 5.64. The van der Waals surface area contributed by atoms with Gasteiger partial charge in [-0.2, -0.15) is 5.10 Å². The Bertz CT molecular complexity index is 1190. The van der Waals surface area contributed by atoms with Crippen LogP contribution in [0.5, 0.6) is 0 Å². The fourth-order valence-electron chi connectivity index (χ4n) is 3.36. The Balaban J connectivity index is 1.78. The van der Waals surface area contributed by atoms with Crippen LogP contribution >= 0.6 is 0 Å². The van der Waals surface area contributed by atoms with Crippen LogP contribution < -0.4 is 0 Å². The van der Waals surface area contributed by atoms with Gasteiger partial charge in [-0.15, -0.1) is 5.10 Å². The first-order chi connectivity index (χ1) is 14.6. The summed E-state index contributed by atoms with van der Waals surface area (Å²) < 4.78 is 29.2. The van der Waals surface area contributed by atoms with Crippen LogP contribution in [0, 0.1) is 0 Å². The second-order valence-corrected chi connectivity index (χ2v) is 6.67. The number of hydrogen-bond acceptors (Lipinski definition) is 6. The number of nitrogens with zero attached hydrogens (tertiary/aromatic N) is 8. The molecule has 154 valence electrons. The number of pyridine rings is 1. The van der Waals surface area contributed by atoms with Crippen LogP contribution in [0.4, 0.5) is 8.78 Å². The smallest absolute Gasteiger partial charge is 0.296 e. The number of aromatic nitrogens is 7. The molecule has 4 aromatic rings. The molecule has 8 nitrogen and oxygen atoms in total. The van der Waals surface area contributed by atoms with Crippen molar-refractivity contribution >= 4 is 11.9 Å². The molecule has 0 aromatic carbocycles. The number of alkyl halides is 2. The maximum Gasteiger partial charge on any atom is 0.299 e. The van der Waals surface area contributed by atoms with Crippen LogP contribution in [-0.2, 0) is 12.8 Å². The summed E-state index contributed by atoms with van der Waals surface area (Å²) in [7, 11) is 1.70. The fourth-order valence-corrected chi connectivity index (χ4v) is 3.36. The van der Waals surface area contributed by atoms with E-state index < -0.39 is 12.2 Å². The molecular weight excluding hydrogens is 390 g/mol. The van der Waals surface area contributed by atoms with Crippen LogP contribution in [-0.4, -0.2) is 47.6 Å². The minimum Gasteiger partial charge on any atom is -0.296 e. The van der Waals surface area contributed by atoms with Gasteiger partial charge in [0.2, 0.25) is 5.82 Å². The van der Waals surface area contributed by atoms with E-state index in [1.165, 1.54) is 10.8 Å². The predicted molar refractivity (Wildman–Crippen MR) is 107 cm³/mol. The molecule has 0 saturated heterocycles. The van der Waals surface area contributed by atoms with Gasteiger partial charge in [-0.25, -0.2) is 32.9 Å². The third-order valence-electron chi connectivity index (χ3n) is 4.64. The largest absolute Gasteiger partial charge is 0.299 e. The average Bonchev–Trinajstić information content (AvgIpc) is 3.38. The van der Waals surface area contributed by atoms with Gasteiger partial charge in [0, 0.05) is 43.2 Å². The molecule has 0 saturated carbocycles. The summed E-state index contributed by atoms with van der Waals surface area (Å²) in [5.41, 5.74) is 3.67. The lowest BCUT2D eigenvalue weighted by Crippen LogP contribution is -2.10. The summed E-state index contributed by atoms with van der Waals surface area (Å²) in [6.45, 7) is 2.02. The van der Waals surface area contributed by atoms with Crippen molar-refractivity contribution in [3.63, 3.8) is 0 Å². The van der Waals surface area contributed by atoms with Gasteiger partial charge in [0.15, 0.2) is 11.5 Å². The van der Waals surface area contributed by atoms with Crippen LogP contribution in [0.3, 0.4) is 0 Å². The Labute approximate surface area is 171 Å². The summed E-state index contributed by atoms with van der Waals surface area (Å²) in [5, 5.41) is 8.26. The topological polar surface area (TPSA) is 86.2 Å². The van der Waals surface area contributed by atoms with E-state index in [0.29, 0.717) is 24.3 Å². The molecule has 0 unspecified atom stereocenters. The molecule has 0 fully saturated rings. The van der Waals surface area contributed by atoms with Gasteiger partial charge in [-0.05, 0) is 24.6 Å². The third-order valence-corrected chi connectivity index (χ3v) is 4.64. The number of halogens is 2.